The fourth-order valence-corrected chi connectivity index (χ4v) is 4.08. The normalized spacial score (nSPS) is 15.8. The molecule has 0 aromatic heterocycles. The summed E-state index contributed by atoms with van der Waals surface area (Å²) >= 11 is 5.86. The molecular formula is C17H14ClN3O4S. The highest BCUT2D eigenvalue weighted by Gasteiger charge is 2.37. The first-order chi connectivity index (χ1) is 12.3. The van der Waals surface area contributed by atoms with Crippen molar-refractivity contribution in [1.82, 2.24) is 9.73 Å². The largest absolute Gasteiger partial charge is 0.505 e. The van der Waals surface area contributed by atoms with E-state index in [0.29, 0.717) is 10.6 Å². The van der Waals surface area contributed by atoms with E-state index in [2.05, 4.69) is 10.5 Å². The highest BCUT2D eigenvalue weighted by Crippen LogP contribution is 2.34. The van der Waals surface area contributed by atoms with Crippen LogP contribution in [0.5, 0.6) is 0 Å². The number of aliphatic hydroxyl groups is 1. The van der Waals surface area contributed by atoms with Gasteiger partial charge in [0.05, 0.1) is 11.1 Å². The molecule has 26 heavy (non-hydrogen) atoms. The summed E-state index contributed by atoms with van der Waals surface area (Å²) in [5, 5.41) is 14.7. The molecule has 0 atom stereocenters. The minimum absolute atomic E-state index is 0.0644. The summed E-state index contributed by atoms with van der Waals surface area (Å²) in [6, 6.07) is 12.7. The first kappa shape index (κ1) is 18.0. The highest BCUT2D eigenvalue weighted by molar-refractivity contribution is 7.89. The number of carbonyl (C=O) groups is 1. The maximum absolute atomic E-state index is 12.5. The van der Waals surface area contributed by atoms with Gasteiger partial charge in [0, 0.05) is 17.6 Å². The lowest BCUT2D eigenvalue weighted by Crippen LogP contribution is -2.38. The average molecular weight is 392 g/mol. The number of benzene rings is 2. The lowest BCUT2D eigenvalue weighted by atomic mass is 10.1. The molecule has 2 N–H and O–H groups in total. The summed E-state index contributed by atoms with van der Waals surface area (Å²) in [6.07, 6.45) is 1.35. The molecule has 3 rings (SSSR count). The molecule has 1 aliphatic heterocycles. The van der Waals surface area contributed by atoms with Gasteiger partial charge in [-0.3, -0.25) is 9.10 Å². The Balaban J connectivity index is 1.91. The lowest BCUT2D eigenvalue weighted by Gasteiger charge is -2.27. The van der Waals surface area contributed by atoms with E-state index in [9.17, 15) is 18.3 Å². The van der Waals surface area contributed by atoms with Crippen LogP contribution >= 0.6 is 11.6 Å². The van der Waals surface area contributed by atoms with Gasteiger partial charge in [-0.2, -0.15) is 5.10 Å². The number of hydrogen-bond acceptors (Lipinski definition) is 5. The Labute approximate surface area is 155 Å². The van der Waals surface area contributed by atoms with Gasteiger partial charge >= 0.3 is 0 Å². The van der Waals surface area contributed by atoms with Crippen LogP contribution in [-0.2, 0) is 14.8 Å². The molecule has 1 heterocycles. The predicted molar refractivity (Wildman–Crippen MR) is 98.1 cm³/mol. The molecule has 0 radical (unpaired) electrons. The van der Waals surface area contributed by atoms with Crippen LogP contribution in [0.1, 0.15) is 11.1 Å². The van der Waals surface area contributed by atoms with Crippen molar-refractivity contribution in [3.63, 3.8) is 0 Å². The maximum Gasteiger partial charge on any atom is 0.292 e. The number of nitrogens with zero attached hydrogens (tertiary/aromatic N) is 2. The number of nitrogens with one attached hydrogen (secondary N) is 1. The summed E-state index contributed by atoms with van der Waals surface area (Å²) in [6.45, 7) is 0. The lowest BCUT2D eigenvalue weighted by molar-refractivity contribution is -0.118. The molecule has 2 aromatic carbocycles. The maximum atomic E-state index is 12.5. The molecule has 1 aliphatic rings. The van der Waals surface area contributed by atoms with E-state index in [1.54, 1.807) is 30.3 Å². The summed E-state index contributed by atoms with van der Waals surface area (Å²) in [7, 11) is -2.75. The number of amides is 1. The van der Waals surface area contributed by atoms with Crippen LogP contribution in [0.3, 0.4) is 0 Å². The van der Waals surface area contributed by atoms with Crippen molar-refractivity contribution < 1.29 is 18.3 Å². The van der Waals surface area contributed by atoms with Crippen molar-refractivity contribution in [3.05, 3.63) is 70.4 Å². The van der Waals surface area contributed by atoms with Crippen molar-refractivity contribution in [3.8, 4) is 0 Å². The Morgan fingerprint density at radius 2 is 1.96 bits per heavy atom. The van der Waals surface area contributed by atoms with Gasteiger partial charge in [0.1, 0.15) is 0 Å². The molecule has 0 bridgehead atoms. The number of hydrazone groups is 1. The van der Waals surface area contributed by atoms with Crippen LogP contribution in [0.2, 0.25) is 5.02 Å². The fraction of sp³-hybridized carbons (Fsp3) is 0.0588. The Bertz CT molecular complexity index is 1050. The molecule has 7 nitrogen and oxygen atoms in total. The standard InChI is InChI=1S/C17H14ClN3O4S/c1-21-15(16(22)13-7-2-3-8-14(13)26(21,24)25)17(23)20-19-10-11-5-4-6-12(18)9-11/h2-10,22H,1H3,(H,20,23)/b19-10+. The first-order valence-corrected chi connectivity index (χ1v) is 9.24. The van der Waals surface area contributed by atoms with E-state index in [-0.39, 0.29) is 10.5 Å². The van der Waals surface area contributed by atoms with E-state index >= 15 is 0 Å². The van der Waals surface area contributed by atoms with E-state index in [4.69, 9.17) is 11.6 Å². The van der Waals surface area contributed by atoms with Crippen LogP contribution < -0.4 is 5.43 Å². The van der Waals surface area contributed by atoms with Gasteiger partial charge in [-0.05, 0) is 29.8 Å². The Hall–Kier alpha value is -2.84. The summed E-state index contributed by atoms with van der Waals surface area (Å²) in [5.74, 6) is -1.30. The topological polar surface area (TPSA) is 99.1 Å². The molecule has 0 fully saturated rings. The first-order valence-electron chi connectivity index (χ1n) is 7.43. The number of halogens is 1. The molecule has 0 saturated heterocycles. The molecule has 0 aliphatic carbocycles. The fourth-order valence-electron chi connectivity index (χ4n) is 2.49. The van der Waals surface area contributed by atoms with Gasteiger partial charge in [0.25, 0.3) is 15.9 Å². The minimum Gasteiger partial charge on any atom is -0.505 e. The van der Waals surface area contributed by atoms with E-state index in [1.807, 2.05) is 0 Å². The van der Waals surface area contributed by atoms with Crippen LogP contribution in [0, 0.1) is 0 Å². The van der Waals surface area contributed by atoms with Gasteiger partial charge in [-0.1, -0.05) is 35.9 Å². The summed E-state index contributed by atoms with van der Waals surface area (Å²) in [4.78, 5) is 12.3. The number of sulfonamides is 1. The number of rotatable bonds is 3. The third-order valence-corrected chi connectivity index (χ3v) is 5.81. The molecule has 2 aromatic rings. The summed E-state index contributed by atoms with van der Waals surface area (Å²) in [5.41, 5.74) is 2.51. The second-order valence-corrected chi connectivity index (χ2v) is 7.79. The second-order valence-electron chi connectivity index (χ2n) is 5.42. The Kier molecular flexibility index (Phi) is 4.71. The van der Waals surface area contributed by atoms with Crippen molar-refractivity contribution >= 4 is 39.5 Å². The number of fused-ring (bicyclic) bond motifs is 1. The SMILES string of the molecule is CN1C(C(=O)N/N=C/c2cccc(Cl)c2)=C(O)c2ccccc2S1(=O)=O. The van der Waals surface area contributed by atoms with E-state index in [0.717, 1.165) is 4.31 Å². The number of hydrogen-bond donors (Lipinski definition) is 2. The van der Waals surface area contributed by atoms with Gasteiger partial charge in [0.2, 0.25) is 0 Å². The quantitative estimate of drug-likeness (QED) is 0.619. The molecule has 0 unspecified atom stereocenters. The van der Waals surface area contributed by atoms with Crippen LogP contribution in [0.4, 0.5) is 0 Å². The summed E-state index contributed by atoms with van der Waals surface area (Å²) < 4.78 is 25.8. The van der Waals surface area contributed by atoms with Gasteiger partial charge in [-0.25, -0.2) is 13.8 Å². The van der Waals surface area contributed by atoms with Gasteiger partial charge in [-0.15, -0.1) is 0 Å². The van der Waals surface area contributed by atoms with Gasteiger partial charge in [0.15, 0.2) is 11.5 Å². The van der Waals surface area contributed by atoms with Gasteiger partial charge < -0.3 is 5.11 Å². The highest BCUT2D eigenvalue weighted by atomic mass is 35.5. The molecule has 0 saturated carbocycles. The number of likely N-dealkylation sites (N-methyl/N-ethyl adjacent to an activating group) is 1. The Morgan fingerprint density at radius 3 is 2.69 bits per heavy atom. The van der Waals surface area contributed by atoms with Crippen LogP contribution in [0.15, 0.2) is 64.2 Å². The number of carbonyl (C=O) groups excluding carboxylic acids is 1. The molecule has 1 amide bonds. The smallest absolute Gasteiger partial charge is 0.292 e. The van der Waals surface area contributed by atoms with E-state index in [1.165, 1.54) is 31.5 Å². The third kappa shape index (κ3) is 3.16. The monoisotopic (exact) mass is 391 g/mol. The zero-order chi connectivity index (χ0) is 18.9. The predicted octanol–water partition coefficient (Wildman–Crippen LogP) is 2.35. The zero-order valence-electron chi connectivity index (χ0n) is 13.5. The Morgan fingerprint density at radius 1 is 1.23 bits per heavy atom. The zero-order valence-corrected chi connectivity index (χ0v) is 15.1. The molecule has 134 valence electrons. The van der Waals surface area contributed by atoms with Crippen molar-refractivity contribution in [2.75, 3.05) is 7.05 Å². The van der Waals surface area contributed by atoms with Crippen LogP contribution in [-0.4, -0.2) is 37.0 Å². The molecule has 0 spiro atoms. The second kappa shape index (κ2) is 6.81. The average Bonchev–Trinajstić information content (AvgIpc) is 2.61. The van der Waals surface area contributed by atoms with Crippen molar-refractivity contribution in [1.29, 1.82) is 0 Å². The number of aliphatic hydroxyl groups excluding tert-OH is 1. The van der Waals surface area contributed by atoms with Crippen molar-refractivity contribution in [2.45, 2.75) is 4.90 Å². The van der Waals surface area contributed by atoms with E-state index < -0.39 is 27.4 Å². The minimum atomic E-state index is -3.95. The molecule has 9 heteroatoms. The van der Waals surface area contributed by atoms with Crippen molar-refractivity contribution in [2.24, 2.45) is 5.10 Å². The molecular weight excluding hydrogens is 378 g/mol. The third-order valence-electron chi connectivity index (χ3n) is 3.76. The van der Waals surface area contributed by atoms with Crippen LogP contribution in [0.25, 0.3) is 5.76 Å².